The van der Waals surface area contributed by atoms with E-state index in [1.807, 2.05) is 0 Å². The van der Waals surface area contributed by atoms with Crippen LogP contribution in [0.15, 0.2) is 12.1 Å². The van der Waals surface area contributed by atoms with Crippen molar-refractivity contribution in [2.75, 3.05) is 0 Å². The number of phenolic OH excluding ortho intramolecular Hbond substituents is 2. The second kappa shape index (κ2) is 5.79. The summed E-state index contributed by atoms with van der Waals surface area (Å²) in [5, 5.41) is 19.0. The van der Waals surface area contributed by atoms with E-state index in [4.69, 9.17) is 11.7 Å². The molecule has 10 nitrogen and oxygen atoms in total. The molecule has 0 aliphatic carbocycles. The van der Waals surface area contributed by atoms with Crippen molar-refractivity contribution in [3.63, 3.8) is 0 Å². The van der Waals surface area contributed by atoms with Crippen LogP contribution >= 0.6 is 0 Å². The molecule has 18 heavy (non-hydrogen) atoms. The summed E-state index contributed by atoms with van der Waals surface area (Å²) in [5.41, 5.74) is 2.42. The van der Waals surface area contributed by atoms with Crippen LogP contribution < -0.4 is 22.9 Å². The molecule has 0 fully saturated rings. The van der Waals surface area contributed by atoms with Crippen LogP contribution in [0.1, 0.15) is 20.7 Å². The Hall–Kier alpha value is -2.40. The van der Waals surface area contributed by atoms with Gasteiger partial charge in [-0.2, -0.15) is 0 Å². The van der Waals surface area contributed by atoms with Crippen molar-refractivity contribution in [1.82, 2.24) is 11.2 Å². The van der Waals surface area contributed by atoms with Gasteiger partial charge in [0.15, 0.2) is 0 Å². The molecular weight excluding hydrogens is 248 g/mol. The molecule has 10 heteroatoms. The first kappa shape index (κ1) is 13.7. The Labute approximate surface area is 99.9 Å². The molecule has 0 unspecified atom stereocenters. The Kier molecular flexibility index (Phi) is 4.39. The lowest BCUT2D eigenvalue weighted by Gasteiger charge is -2.08. The molecule has 98 valence electrons. The van der Waals surface area contributed by atoms with Crippen LogP contribution in [0.3, 0.4) is 0 Å². The summed E-state index contributed by atoms with van der Waals surface area (Å²) in [6.45, 7) is 0. The third-order valence-electron chi connectivity index (χ3n) is 1.86. The van der Waals surface area contributed by atoms with Gasteiger partial charge in [0.25, 0.3) is 0 Å². The summed E-state index contributed by atoms with van der Waals surface area (Å²) >= 11 is 0. The van der Waals surface area contributed by atoms with Crippen LogP contribution in [0.5, 0.6) is 11.5 Å². The highest BCUT2D eigenvalue weighted by Crippen LogP contribution is 2.28. The van der Waals surface area contributed by atoms with Gasteiger partial charge in [-0.25, -0.2) is 21.3 Å². The van der Waals surface area contributed by atoms with Gasteiger partial charge in [-0.1, -0.05) is 11.2 Å². The van der Waals surface area contributed by atoms with Crippen molar-refractivity contribution in [2.45, 2.75) is 0 Å². The minimum atomic E-state index is -1.05. The SMILES string of the molecule is NNOC(=O)c1cc(O)c(C(=O)ONN)cc1O. The van der Waals surface area contributed by atoms with Crippen LogP contribution in [0.25, 0.3) is 0 Å². The smallest absolute Gasteiger partial charge is 0.361 e. The largest absolute Gasteiger partial charge is 0.507 e. The van der Waals surface area contributed by atoms with Crippen molar-refractivity contribution >= 4 is 11.9 Å². The van der Waals surface area contributed by atoms with Gasteiger partial charge in [-0.05, 0) is 12.1 Å². The number of nitrogens with one attached hydrogen (secondary N) is 2. The molecular formula is C8H10N4O6. The molecule has 1 rings (SSSR count). The van der Waals surface area contributed by atoms with Gasteiger partial charge >= 0.3 is 11.9 Å². The van der Waals surface area contributed by atoms with E-state index in [2.05, 4.69) is 9.68 Å². The maximum Gasteiger partial charge on any atom is 0.361 e. The standard InChI is InChI=1S/C8H10N4O6/c9-11-17-7(15)3-1-5(13)4(2-6(3)14)8(16)18-12-10/h1-2,11-14H,9-10H2. The van der Waals surface area contributed by atoms with Crippen molar-refractivity contribution in [3.8, 4) is 11.5 Å². The number of benzene rings is 1. The Bertz CT molecular complexity index is 433. The Balaban J connectivity index is 3.11. The fourth-order valence-corrected chi connectivity index (χ4v) is 1.12. The van der Waals surface area contributed by atoms with Gasteiger partial charge in [0.2, 0.25) is 0 Å². The van der Waals surface area contributed by atoms with Crippen LogP contribution in [0.4, 0.5) is 0 Å². The molecule has 0 aromatic heterocycles. The van der Waals surface area contributed by atoms with Crippen molar-refractivity contribution < 1.29 is 29.5 Å². The molecule has 8 N–H and O–H groups in total. The van der Waals surface area contributed by atoms with E-state index >= 15 is 0 Å². The number of nitrogens with two attached hydrogens (primary N) is 2. The fraction of sp³-hybridized carbons (Fsp3) is 0. The third kappa shape index (κ3) is 2.83. The van der Waals surface area contributed by atoms with E-state index in [1.165, 1.54) is 0 Å². The number of rotatable bonds is 4. The van der Waals surface area contributed by atoms with Crippen LogP contribution in [-0.2, 0) is 9.68 Å². The molecule has 0 aliphatic rings. The van der Waals surface area contributed by atoms with Crippen molar-refractivity contribution in [2.24, 2.45) is 11.7 Å². The molecule has 1 aromatic rings. The summed E-state index contributed by atoms with van der Waals surface area (Å²) in [5.74, 6) is 6.14. The van der Waals surface area contributed by atoms with E-state index in [9.17, 15) is 19.8 Å². The van der Waals surface area contributed by atoms with Gasteiger partial charge in [0.05, 0.1) is 0 Å². The summed E-state index contributed by atoms with van der Waals surface area (Å²) in [4.78, 5) is 30.8. The maximum atomic E-state index is 11.2. The number of hydrogen-bond acceptors (Lipinski definition) is 10. The molecule has 0 aliphatic heterocycles. The van der Waals surface area contributed by atoms with E-state index in [-0.39, 0.29) is 0 Å². The maximum absolute atomic E-state index is 11.2. The second-order valence-electron chi connectivity index (χ2n) is 2.90. The summed E-state index contributed by atoms with van der Waals surface area (Å²) in [7, 11) is 0. The number of aromatic hydroxyl groups is 2. The minimum absolute atomic E-state index is 0.400. The van der Waals surface area contributed by atoms with Crippen molar-refractivity contribution in [1.29, 1.82) is 0 Å². The number of carbonyl (C=O) groups excluding carboxylic acids is 2. The summed E-state index contributed by atoms with van der Waals surface area (Å²) in [6.07, 6.45) is 0. The predicted octanol–water partition coefficient (Wildman–Crippen LogP) is -1.83. The lowest BCUT2D eigenvalue weighted by atomic mass is 10.1. The zero-order valence-corrected chi connectivity index (χ0v) is 8.84. The Morgan fingerprint density at radius 2 is 1.28 bits per heavy atom. The lowest BCUT2D eigenvalue weighted by molar-refractivity contribution is 0.0234. The highest BCUT2D eigenvalue weighted by atomic mass is 16.7. The predicted molar refractivity (Wildman–Crippen MR) is 55.2 cm³/mol. The first-order valence-corrected chi connectivity index (χ1v) is 4.40. The average Bonchev–Trinajstić information content (AvgIpc) is 2.32. The normalized spacial score (nSPS) is 9.89. The van der Waals surface area contributed by atoms with E-state index in [0.29, 0.717) is 0 Å². The van der Waals surface area contributed by atoms with Gasteiger partial charge in [0, 0.05) is 0 Å². The van der Waals surface area contributed by atoms with E-state index in [1.54, 1.807) is 11.2 Å². The Morgan fingerprint density at radius 1 is 0.944 bits per heavy atom. The first-order valence-electron chi connectivity index (χ1n) is 4.40. The summed E-state index contributed by atoms with van der Waals surface area (Å²) < 4.78 is 0. The molecule has 0 amide bonds. The molecule has 0 saturated heterocycles. The topological polar surface area (TPSA) is 169 Å². The third-order valence-corrected chi connectivity index (χ3v) is 1.86. The molecule has 0 bridgehead atoms. The van der Waals surface area contributed by atoms with Gasteiger partial charge < -0.3 is 19.9 Å². The van der Waals surface area contributed by atoms with Crippen LogP contribution in [0, 0.1) is 0 Å². The highest BCUT2D eigenvalue weighted by molar-refractivity contribution is 5.98. The van der Waals surface area contributed by atoms with Gasteiger partial charge in [-0.3, -0.25) is 0 Å². The van der Waals surface area contributed by atoms with Crippen molar-refractivity contribution in [3.05, 3.63) is 23.3 Å². The summed E-state index contributed by atoms with van der Waals surface area (Å²) in [6, 6.07) is 1.62. The first-order chi connectivity index (χ1) is 8.51. The van der Waals surface area contributed by atoms with Crippen LogP contribution in [0.2, 0.25) is 0 Å². The number of hydrazine groups is 2. The average molecular weight is 258 g/mol. The number of phenols is 2. The van der Waals surface area contributed by atoms with Crippen LogP contribution in [-0.4, -0.2) is 22.2 Å². The number of carbonyl (C=O) groups is 2. The lowest BCUT2D eigenvalue weighted by Crippen LogP contribution is -2.27. The molecule has 1 aromatic carbocycles. The second-order valence-corrected chi connectivity index (χ2v) is 2.90. The fourth-order valence-electron chi connectivity index (χ4n) is 1.12. The van der Waals surface area contributed by atoms with E-state index in [0.717, 1.165) is 12.1 Å². The van der Waals surface area contributed by atoms with E-state index < -0.39 is 34.6 Å². The zero-order valence-electron chi connectivity index (χ0n) is 8.84. The quantitative estimate of drug-likeness (QED) is 0.205. The zero-order chi connectivity index (χ0) is 13.7. The molecule has 0 atom stereocenters. The molecule has 0 saturated carbocycles. The van der Waals surface area contributed by atoms with Gasteiger partial charge in [0.1, 0.15) is 22.6 Å². The minimum Gasteiger partial charge on any atom is -0.507 e. The molecule has 0 heterocycles. The molecule has 0 spiro atoms. The Morgan fingerprint density at radius 3 is 1.56 bits per heavy atom. The molecule has 0 radical (unpaired) electrons. The number of hydrogen-bond donors (Lipinski definition) is 6. The van der Waals surface area contributed by atoms with Gasteiger partial charge in [-0.15, -0.1) is 0 Å². The monoisotopic (exact) mass is 258 g/mol. The highest BCUT2D eigenvalue weighted by Gasteiger charge is 2.21.